The maximum Gasteiger partial charge on any atom is 0.322 e. The molecule has 1 aromatic heterocycles. The molecule has 1 N–H and O–H groups in total. The zero-order chi connectivity index (χ0) is 13.9. The van der Waals surface area contributed by atoms with Gasteiger partial charge in [-0.1, -0.05) is 0 Å². The number of carbonyl (C=O) groups excluding carboxylic acids is 1. The molecule has 2 heterocycles. The van der Waals surface area contributed by atoms with Crippen LogP contribution < -0.4 is 10.1 Å². The van der Waals surface area contributed by atoms with Gasteiger partial charge in [0.05, 0.1) is 25.9 Å². The van der Waals surface area contributed by atoms with Gasteiger partial charge in [0.15, 0.2) is 0 Å². The van der Waals surface area contributed by atoms with E-state index in [1.807, 2.05) is 0 Å². The number of fused-ring (bicyclic) bond motifs is 1. The van der Waals surface area contributed by atoms with Crippen LogP contribution in [0.3, 0.4) is 0 Å². The second-order valence-electron chi connectivity index (χ2n) is 4.51. The van der Waals surface area contributed by atoms with E-state index < -0.39 is 0 Å². The van der Waals surface area contributed by atoms with Gasteiger partial charge >= 0.3 is 6.03 Å². The largest absolute Gasteiger partial charge is 0.497 e. The lowest BCUT2D eigenvalue weighted by Gasteiger charge is -2.16. The highest BCUT2D eigenvalue weighted by Gasteiger charge is 2.24. The predicted octanol–water partition coefficient (Wildman–Crippen LogP) is 2.03. The number of urea groups is 1. The first-order valence-corrected chi connectivity index (χ1v) is 6.24. The predicted molar refractivity (Wildman–Crippen MR) is 73.3 cm³/mol. The molecule has 3 rings (SSSR count). The first-order valence-electron chi connectivity index (χ1n) is 6.24. The number of aromatic nitrogens is 2. The van der Waals surface area contributed by atoms with Crippen LogP contribution in [0.2, 0.25) is 0 Å². The van der Waals surface area contributed by atoms with Crippen molar-refractivity contribution in [2.45, 2.75) is 13.1 Å². The van der Waals surface area contributed by atoms with E-state index in [0.29, 0.717) is 13.1 Å². The van der Waals surface area contributed by atoms with Crippen molar-refractivity contribution in [3.63, 3.8) is 0 Å². The molecular formula is C14H14N4O2. The van der Waals surface area contributed by atoms with Crippen molar-refractivity contribution in [3.8, 4) is 5.75 Å². The van der Waals surface area contributed by atoms with Gasteiger partial charge in [-0.05, 0) is 24.3 Å². The minimum absolute atomic E-state index is 0.145. The normalized spacial score (nSPS) is 12.9. The molecule has 0 fully saturated rings. The summed E-state index contributed by atoms with van der Waals surface area (Å²) in [5.41, 5.74) is 2.64. The number of hydrogen-bond acceptors (Lipinski definition) is 4. The Morgan fingerprint density at radius 1 is 1.30 bits per heavy atom. The Bertz CT molecular complexity index is 602. The van der Waals surface area contributed by atoms with E-state index in [2.05, 4.69) is 15.3 Å². The van der Waals surface area contributed by atoms with E-state index in [9.17, 15) is 4.79 Å². The Morgan fingerprint density at radius 3 is 2.80 bits per heavy atom. The molecule has 0 aliphatic carbocycles. The molecule has 6 heteroatoms. The Morgan fingerprint density at radius 2 is 2.10 bits per heavy atom. The summed E-state index contributed by atoms with van der Waals surface area (Å²) in [6.07, 6.45) is 3.26. The number of methoxy groups -OCH3 is 1. The SMILES string of the molecule is COc1ccc(NC(=O)N2Cc3cncnc3C2)cc1. The highest BCUT2D eigenvalue weighted by Crippen LogP contribution is 2.21. The Kier molecular flexibility index (Phi) is 3.20. The second-order valence-corrected chi connectivity index (χ2v) is 4.51. The van der Waals surface area contributed by atoms with Crippen LogP contribution in [0.25, 0.3) is 0 Å². The second kappa shape index (κ2) is 5.16. The van der Waals surface area contributed by atoms with E-state index in [1.165, 1.54) is 6.33 Å². The van der Waals surface area contributed by atoms with Crippen LogP contribution in [0.5, 0.6) is 5.75 Å². The van der Waals surface area contributed by atoms with Gasteiger partial charge in [0.2, 0.25) is 0 Å². The number of carbonyl (C=O) groups is 1. The molecule has 0 radical (unpaired) electrons. The topological polar surface area (TPSA) is 67.3 Å². The van der Waals surface area contributed by atoms with Gasteiger partial charge in [-0.3, -0.25) is 0 Å². The number of ether oxygens (including phenoxy) is 1. The van der Waals surface area contributed by atoms with Gasteiger partial charge in [0, 0.05) is 17.4 Å². The first-order chi connectivity index (χ1) is 9.76. The molecule has 2 amide bonds. The summed E-state index contributed by atoms with van der Waals surface area (Å²) in [5.74, 6) is 0.756. The van der Waals surface area contributed by atoms with E-state index in [0.717, 1.165) is 22.7 Å². The number of nitrogens with zero attached hydrogens (tertiary/aromatic N) is 3. The molecule has 1 aliphatic rings. The fourth-order valence-corrected chi connectivity index (χ4v) is 2.12. The quantitative estimate of drug-likeness (QED) is 0.906. The number of anilines is 1. The Hall–Kier alpha value is -2.63. The standard InChI is InChI=1S/C14H14N4O2/c1-20-12-4-2-11(3-5-12)17-14(19)18-7-10-6-15-9-16-13(10)8-18/h2-6,9H,7-8H2,1H3,(H,17,19). The summed E-state index contributed by atoms with van der Waals surface area (Å²) < 4.78 is 5.08. The van der Waals surface area contributed by atoms with Gasteiger partial charge in [-0.25, -0.2) is 14.8 Å². The van der Waals surface area contributed by atoms with Crippen molar-refractivity contribution in [1.82, 2.24) is 14.9 Å². The molecule has 2 aromatic rings. The number of benzene rings is 1. The molecule has 0 atom stereocenters. The molecule has 0 saturated carbocycles. The molecule has 0 spiro atoms. The molecule has 1 aliphatic heterocycles. The Balaban J connectivity index is 1.66. The maximum absolute atomic E-state index is 12.2. The molecule has 1 aromatic carbocycles. The molecule has 0 unspecified atom stereocenters. The summed E-state index contributed by atoms with van der Waals surface area (Å²) in [6, 6.07) is 7.08. The summed E-state index contributed by atoms with van der Waals surface area (Å²) in [7, 11) is 1.61. The van der Waals surface area contributed by atoms with Gasteiger partial charge in [-0.15, -0.1) is 0 Å². The number of amides is 2. The highest BCUT2D eigenvalue weighted by atomic mass is 16.5. The number of hydrogen-bond donors (Lipinski definition) is 1. The third-order valence-electron chi connectivity index (χ3n) is 3.21. The lowest BCUT2D eigenvalue weighted by molar-refractivity contribution is 0.212. The molecule has 0 bridgehead atoms. The van der Waals surface area contributed by atoms with Crippen LogP contribution in [0.4, 0.5) is 10.5 Å². The molecule has 6 nitrogen and oxygen atoms in total. The fourth-order valence-electron chi connectivity index (χ4n) is 2.12. The third-order valence-corrected chi connectivity index (χ3v) is 3.21. The zero-order valence-electron chi connectivity index (χ0n) is 11.0. The van der Waals surface area contributed by atoms with E-state index in [4.69, 9.17) is 4.74 Å². The van der Waals surface area contributed by atoms with Crippen LogP contribution in [-0.2, 0) is 13.1 Å². The van der Waals surface area contributed by atoms with E-state index in [1.54, 1.807) is 42.5 Å². The molecular weight excluding hydrogens is 256 g/mol. The van der Waals surface area contributed by atoms with Crippen LogP contribution in [0.1, 0.15) is 11.3 Å². The zero-order valence-corrected chi connectivity index (χ0v) is 11.0. The van der Waals surface area contributed by atoms with Crippen LogP contribution in [0, 0.1) is 0 Å². The van der Waals surface area contributed by atoms with Gasteiger partial charge in [0.25, 0.3) is 0 Å². The summed E-state index contributed by atoms with van der Waals surface area (Å²) >= 11 is 0. The summed E-state index contributed by atoms with van der Waals surface area (Å²) in [5, 5.41) is 2.85. The average molecular weight is 270 g/mol. The van der Waals surface area contributed by atoms with Crippen LogP contribution >= 0.6 is 0 Å². The smallest absolute Gasteiger partial charge is 0.322 e. The molecule has 102 valence electrons. The minimum atomic E-state index is -0.145. The molecule has 20 heavy (non-hydrogen) atoms. The fraction of sp³-hybridized carbons (Fsp3) is 0.214. The summed E-state index contributed by atoms with van der Waals surface area (Å²) in [4.78, 5) is 22.0. The Labute approximate surface area is 116 Å². The number of nitrogens with one attached hydrogen (secondary N) is 1. The van der Waals surface area contributed by atoms with E-state index in [-0.39, 0.29) is 6.03 Å². The average Bonchev–Trinajstić information content (AvgIpc) is 2.92. The van der Waals surface area contributed by atoms with Crippen molar-refractivity contribution < 1.29 is 9.53 Å². The van der Waals surface area contributed by atoms with Crippen molar-refractivity contribution in [2.24, 2.45) is 0 Å². The van der Waals surface area contributed by atoms with Crippen molar-refractivity contribution in [1.29, 1.82) is 0 Å². The molecule has 0 saturated heterocycles. The third kappa shape index (κ3) is 2.40. The van der Waals surface area contributed by atoms with Crippen LogP contribution in [-0.4, -0.2) is 28.0 Å². The lowest BCUT2D eigenvalue weighted by atomic mass is 10.3. The van der Waals surface area contributed by atoms with Crippen molar-refractivity contribution in [3.05, 3.63) is 48.0 Å². The van der Waals surface area contributed by atoms with Gasteiger partial charge in [0.1, 0.15) is 12.1 Å². The van der Waals surface area contributed by atoms with Crippen LogP contribution in [0.15, 0.2) is 36.8 Å². The highest BCUT2D eigenvalue weighted by molar-refractivity contribution is 5.89. The van der Waals surface area contributed by atoms with Crippen molar-refractivity contribution >= 4 is 11.7 Å². The lowest BCUT2D eigenvalue weighted by Crippen LogP contribution is -2.30. The summed E-state index contributed by atoms with van der Waals surface area (Å²) in [6.45, 7) is 1.05. The van der Waals surface area contributed by atoms with E-state index >= 15 is 0 Å². The first kappa shape index (κ1) is 12.4. The van der Waals surface area contributed by atoms with Gasteiger partial charge < -0.3 is 15.0 Å². The van der Waals surface area contributed by atoms with Crippen molar-refractivity contribution in [2.75, 3.05) is 12.4 Å². The maximum atomic E-state index is 12.2. The number of rotatable bonds is 2. The van der Waals surface area contributed by atoms with Gasteiger partial charge in [-0.2, -0.15) is 0 Å². The monoisotopic (exact) mass is 270 g/mol. The minimum Gasteiger partial charge on any atom is -0.497 e.